The van der Waals surface area contributed by atoms with Crippen LogP contribution in [0.3, 0.4) is 0 Å². The molecule has 0 aromatic heterocycles. The van der Waals surface area contributed by atoms with Gasteiger partial charge in [0.2, 0.25) is 0 Å². The minimum absolute atomic E-state index is 0.615. The largest absolute Gasteiger partial charge is 0.378 e. The molecule has 1 aliphatic heterocycles. The van der Waals surface area contributed by atoms with Crippen LogP contribution < -0.4 is 0 Å². The molecule has 19 heavy (non-hydrogen) atoms. The fourth-order valence-corrected chi connectivity index (χ4v) is 2.75. The van der Waals surface area contributed by atoms with E-state index in [1.807, 2.05) is 0 Å². The molecule has 1 heterocycles. The van der Waals surface area contributed by atoms with Gasteiger partial charge in [-0.3, -0.25) is 4.90 Å². The second-order valence-electron chi connectivity index (χ2n) is 5.35. The summed E-state index contributed by atoms with van der Waals surface area (Å²) in [6.07, 6.45) is 5.91. The maximum absolute atomic E-state index is 5.64. The molecule has 1 radical (unpaired) electrons. The van der Waals surface area contributed by atoms with E-state index >= 15 is 0 Å². The van der Waals surface area contributed by atoms with E-state index in [0.717, 1.165) is 26.2 Å². The third-order valence-electron chi connectivity index (χ3n) is 3.89. The van der Waals surface area contributed by atoms with Crippen LogP contribution in [0.2, 0.25) is 0 Å². The monoisotopic (exact) mass is 260 g/mol. The van der Waals surface area contributed by atoms with E-state index < -0.39 is 0 Å². The van der Waals surface area contributed by atoms with E-state index in [0.29, 0.717) is 6.04 Å². The lowest BCUT2D eigenvalue weighted by atomic mass is 10.0. The van der Waals surface area contributed by atoms with Gasteiger partial charge in [-0.05, 0) is 37.8 Å². The summed E-state index contributed by atoms with van der Waals surface area (Å²) in [4.78, 5) is 2.60. The minimum Gasteiger partial charge on any atom is -0.378 e. The van der Waals surface area contributed by atoms with Gasteiger partial charge in [0.15, 0.2) is 0 Å². The van der Waals surface area contributed by atoms with Crippen LogP contribution in [-0.4, -0.2) is 37.2 Å². The van der Waals surface area contributed by atoms with Crippen molar-refractivity contribution in [1.29, 1.82) is 0 Å². The molecule has 0 amide bonds. The first-order valence-corrected chi connectivity index (χ1v) is 7.55. The summed E-state index contributed by atoms with van der Waals surface area (Å²) in [7, 11) is 0. The Balaban J connectivity index is 1.73. The molecule has 0 bridgehead atoms. The third kappa shape index (κ3) is 4.96. The van der Waals surface area contributed by atoms with E-state index in [1.54, 1.807) is 0 Å². The first-order valence-electron chi connectivity index (χ1n) is 7.55. The summed E-state index contributed by atoms with van der Waals surface area (Å²) in [5.74, 6) is 0. The molecule has 1 fully saturated rings. The van der Waals surface area contributed by atoms with Crippen LogP contribution in [0.25, 0.3) is 0 Å². The minimum atomic E-state index is 0.615. The molecule has 1 saturated heterocycles. The predicted octanol–water partition coefficient (Wildman–Crippen LogP) is 3.32. The molecular formula is C17H26NO. The van der Waals surface area contributed by atoms with Gasteiger partial charge in [0, 0.05) is 12.6 Å². The molecule has 2 nitrogen and oxygen atoms in total. The van der Waals surface area contributed by atoms with Gasteiger partial charge in [0.1, 0.15) is 0 Å². The van der Waals surface area contributed by atoms with Gasteiger partial charge in [0.05, 0.1) is 13.2 Å². The van der Waals surface area contributed by atoms with Gasteiger partial charge in [-0.1, -0.05) is 43.7 Å². The number of nitrogens with zero attached hydrogens (tertiary/aromatic N) is 1. The molecule has 0 N–H and O–H groups in total. The van der Waals surface area contributed by atoms with Gasteiger partial charge < -0.3 is 4.74 Å². The van der Waals surface area contributed by atoms with Crippen LogP contribution in [-0.2, 0) is 11.2 Å². The highest BCUT2D eigenvalue weighted by Gasteiger charge is 2.21. The van der Waals surface area contributed by atoms with E-state index in [4.69, 9.17) is 4.74 Å². The van der Waals surface area contributed by atoms with Crippen LogP contribution in [0, 0.1) is 6.92 Å². The average molecular weight is 260 g/mol. The first kappa shape index (κ1) is 14.5. The van der Waals surface area contributed by atoms with E-state index in [9.17, 15) is 0 Å². The maximum atomic E-state index is 5.64. The van der Waals surface area contributed by atoms with Crippen molar-refractivity contribution in [3.05, 3.63) is 42.8 Å². The Morgan fingerprint density at radius 2 is 2.05 bits per heavy atom. The topological polar surface area (TPSA) is 12.5 Å². The molecule has 2 rings (SSSR count). The van der Waals surface area contributed by atoms with Crippen molar-refractivity contribution in [3.63, 3.8) is 0 Å². The standard InChI is InChI=1S/C17H26NO/c1-2-3-12-18-13-14-19-15-17(18)11-7-10-16-8-5-4-6-9-16/h4-6,8-9,17H,1-3,7,10-15H2. The van der Waals surface area contributed by atoms with Gasteiger partial charge in [0.25, 0.3) is 0 Å². The number of rotatable bonds is 7. The maximum Gasteiger partial charge on any atom is 0.0622 e. The number of aryl methyl sites for hydroxylation is 1. The zero-order valence-corrected chi connectivity index (χ0v) is 11.9. The smallest absolute Gasteiger partial charge is 0.0622 e. The quantitative estimate of drug-likeness (QED) is 0.745. The molecule has 1 aliphatic rings. The fraction of sp³-hybridized carbons (Fsp3) is 0.588. The lowest BCUT2D eigenvalue weighted by Crippen LogP contribution is -2.45. The highest BCUT2D eigenvalue weighted by atomic mass is 16.5. The van der Waals surface area contributed by atoms with Crippen LogP contribution in [0.15, 0.2) is 30.3 Å². The molecule has 1 aromatic rings. The Bertz CT molecular complexity index is 338. The lowest BCUT2D eigenvalue weighted by molar-refractivity contribution is -0.0112. The molecule has 105 valence electrons. The Morgan fingerprint density at radius 1 is 1.21 bits per heavy atom. The van der Waals surface area contributed by atoms with Gasteiger partial charge >= 0.3 is 0 Å². The normalized spacial score (nSPS) is 20.6. The van der Waals surface area contributed by atoms with Crippen LogP contribution >= 0.6 is 0 Å². The summed E-state index contributed by atoms with van der Waals surface area (Å²) in [5.41, 5.74) is 1.45. The van der Waals surface area contributed by atoms with Crippen LogP contribution in [0.5, 0.6) is 0 Å². The molecule has 1 unspecified atom stereocenters. The number of morpholine rings is 1. The van der Waals surface area contributed by atoms with Crippen molar-refractivity contribution in [3.8, 4) is 0 Å². The van der Waals surface area contributed by atoms with E-state index in [2.05, 4.69) is 42.2 Å². The van der Waals surface area contributed by atoms with Crippen molar-refractivity contribution in [2.45, 2.75) is 38.1 Å². The zero-order chi connectivity index (χ0) is 13.3. The SMILES string of the molecule is [CH2]CCCN1CCOCC1CCCc1ccccc1. The summed E-state index contributed by atoms with van der Waals surface area (Å²) in [6, 6.07) is 11.4. The third-order valence-corrected chi connectivity index (χ3v) is 3.89. The molecule has 1 aromatic carbocycles. The summed E-state index contributed by atoms with van der Waals surface area (Å²) in [5, 5.41) is 0. The Kier molecular flexibility index (Phi) is 6.38. The lowest BCUT2D eigenvalue weighted by Gasteiger charge is -2.35. The predicted molar refractivity (Wildman–Crippen MR) is 80.2 cm³/mol. The number of ether oxygens (including phenoxy) is 1. The second kappa shape index (κ2) is 8.34. The summed E-state index contributed by atoms with van der Waals surface area (Å²) < 4.78 is 5.64. The van der Waals surface area contributed by atoms with Crippen molar-refractivity contribution in [2.24, 2.45) is 0 Å². The molecule has 0 saturated carbocycles. The Morgan fingerprint density at radius 3 is 2.84 bits per heavy atom. The summed E-state index contributed by atoms with van der Waals surface area (Å²) >= 11 is 0. The number of hydrogen-bond acceptors (Lipinski definition) is 2. The second-order valence-corrected chi connectivity index (χ2v) is 5.35. The van der Waals surface area contributed by atoms with Gasteiger partial charge in [-0.25, -0.2) is 0 Å². The van der Waals surface area contributed by atoms with E-state index in [-0.39, 0.29) is 0 Å². The van der Waals surface area contributed by atoms with Crippen LogP contribution in [0.4, 0.5) is 0 Å². The molecule has 0 spiro atoms. The number of benzene rings is 1. The number of hydrogen-bond donors (Lipinski definition) is 0. The Labute approximate surface area is 117 Å². The highest BCUT2D eigenvalue weighted by molar-refractivity contribution is 5.14. The molecule has 0 aliphatic carbocycles. The van der Waals surface area contributed by atoms with Crippen molar-refractivity contribution < 1.29 is 4.74 Å². The van der Waals surface area contributed by atoms with Crippen molar-refractivity contribution in [2.75, 3.05) is 26.3 Å². The molecule has 2 heteroatoms. The van der Waals surface area contributed by atoms with Gasteiger partial charge in [-0.2, -0.15) is 0 Å². The highest BCUT2D eigenvalue weighted by Crippen LogP contribution is 2.15. The summed E-state index contributed by atoms with van der Waals surface area (Å²) in [6.45, 7) is 8.02. The molecule has 1 atom stereocenters. The van der Waals surface area contributed by atoms with Crippen LogP contribution in [0.1, 0.15) is 31.2 Å². The average Bonchev–Trinajstić information content (AvgIpc) is 2.47. The number of unbranched alkanes of at least 4 members (excludes halogenated alkanes) is 1. The fourth-order valence-electron chi connectivity index (χ4n) is 2.75. The zero-order valence-electron chi connectivity index (χ0n) is 11.9. The van der Waals surface area contributed by atoms with Crippen molar-refractivity contribution in [1.82, 2.24) is 4.90 Å². The molecular weight excluding hydrogens is 234 g/mol. The first-order chi connectivity index (χ1) is 9.40. The van der Waals surface area contributed by atoms with E-state index in [1.165, 1.54) is 37.8 Å². The Hall–Kier alpha value is -0.860. The van der Waals surface area contributed by atoms with Gasteiger partial charge in [-0.15, -0.1) is 0 Å². The van der Waals surface area contributed by atoms with Crippen molar-refractivity contribution >= 4 is 0 Å².